The lowest BCUT2D eigenvalue weighted by molar-refractivity contribution is 0.117. The van der Waals surface area contributed by atoms with Gasteiger partial charge in [-0.1, -0.05) is 13.8 Å². The summed E-state index contributed by atoms with van der Waals surface area (Å²) in [4.78, 5) is 0. The van der Waals surface area contributed by atoms with Crippen molar-refractivity contribution in [3.8, 4) is 0 Å². The second-order valence-electron chi connectivity index (χ2n) is 4.47. The van der Waals surface area contributed by atoms with Gasteiger partial charge in [-0.05, 0) is 18.6 Å². The summed E-state index contributed by atoms with van der Waals surface area (Å²) in [5, 5.41) is 11.2. The molecular formula is C10H16N4. The van der Waals surface area contributed by atoms with Crippen LogP contribution in [0.1, 0.15) is 20.3 Å². The predicted octanol–water partition coefficient (Wildman–Crippen LogP) is 1.01. The fraction of sp³-hybridized carbons (Fsp3) is 0.600. The smallest absolute Gasteiger partial charge is 0.148 e. The van der Waals surface area contributed by atoms with E-state index in [1.165, 1.54) is 0 Å². The summed E-state index contributed by atoms with van der Waals surface area (Å²) in [6.07, 6.45) is 2.67. The normalized spacial score (nSPS) is 29.4. The van der Waals surface area contributed by atoms with Gasteiger partial charge in [0.2, 0.25) is 0 Å². The number of nitrogens with one attached hydrogen (secondary N) is 1. The fourth-order valence-electron chi connectivity index (χ4n) is 1.76. The van der Waals surface area contributed by atoms with Crippen molar-refractivity contribution in [3.63, 3.8) is 0 Å². The van der Waals surface area contributed by atoms with Crippen molar-refractivity contribution in [2.24, 2.45) is 11.1 Å². The van der Waals surface area contributed by atoms with Crippen molar-refractivity contribution >= 4 is 5.82 Å². The van der Waals surface area contributed by atoms with E-state index in [4.69, 9.17) is 5.73 Å². The fourth-order valence-corrected chi connectivity index (χ4v) is 1.76. The van der Waals surface area contributed by atoms with Crippen molar-refractivity contribution in [2.45, 2.75) is 32.4 Å². The average Bonchev–Trinajstić information content (AvgIpc) is 2.19. The van der Waals surface area contributed by atoms with E-state index in [-0.39, 0.29) is 11.5 Å². The molecule has 14 heavy (non-hydrogen) atoms. The van der Waals surface area contributed by atoms with E-state index in [1.807, 2.05) is 12.1 Å². The first-order valence-electron chi connectivity index (χ1n) is 4.90. The van der Waals surface area contributed by atoms with E-state index in [9.17, 15) is 0 Å². The second-order valence-corrected chi connectivity index (χ2v) is 4.47. The molecule has 0 bridgehead atoms. The van der Waals surface area contributed by atoms with E-state index in [1.54, 1.807) is 6.20 Å². The topological polar surface area (TPSA) is 63.8 Å². The zero-order valence-corrected chi connectivity index (χ0v) is 8.57. The van der Waals surface area contributed by atoms with Crippen LogP contribution in [0.5, 0.6) is 0 Å². The Hall–Kier alpha value is -1.16. The summed E-state index contributed by atoms with van der Waals surface area (Å²) in [6, 6.07) is 4.50. The molecule has 2 unspecified atom stereocenters. The third kappa shape index (κ3) is 1.46. The molecule has 1 aliphatic rings. The van der Waals surface area contributed by atoms with Crippen LogP contribution in [0.4, 0.5) is 5.82 Å². The molecule has 0 spiro atoms. The van der Waals surface area contributed by atoms with Crippen LogP contribution in [0.25, 0.3) is 0 Å². The van der Waals surface area contributed by atoms with Crippen LogP contribution in [0.2, 0.25) is 0 Å². The van der Waals surface area contributed by atoms with Crippen LogP contribution in [0, 0.1) is 5.41 Å². The maximum Gasteiger partial charge on any atom is 0.148 e. The zero-order valence-electron chi connectivity index (χ0n) is 8.57. The van der Waals surface area contributed by atoms with Gasteiger partial charge in [-0.15, -0.1) is 5.10 Å². The molecule has 1 heterocycles. The molecule has 1 aliphatic carbocycles. The summed E-state index contributed by atoms with van der Waals surface area (Å²) in [6.45, 7) is 4.35. The van der Waals surface area contributed by atoms with E-state index in [0.717, 1.165) is 12.2 Å². The summed E-state index contributed by atoms with van der Waals surface area (Å²) < 4.78 is 0. The highest BCUT2D eigenvalue weighted by atomic mass is 15.2. The number of hydrogen-bond acceptors (Lipinski definition) is 4. The Morgan fingerprint density at radius 3 is 2.86 bits per heavy atom. The van der Waals surface area contributed by atoms with Crippen LogP contribution in [-0.4, -0.2) is 22.3 Å². The first-order chi connectivity index (χ1) is 6.60. The van der Waals surface area contributed by atoms with Gasteiger partial charge in [-0.3, -0.25) is 0 Å². The highest BCUT2D eigenvalue weighted by Gasteiger charge is 2.46. The van der Waals surface area contributed by atoms with Gasteiger partial charge in [0.05, 0.1) is 0 Å². The highest BCUT2D eigenvalue weighted by molar-refractivity contribution is 5.35. The molecule has 4 nitrogen and oxygen atoms in total. The number of nitrogens with zero attached hydrogens (tertiary/aromatic N) is 2. The van der Waals surface area contributed by atoms with E-state index < -0.39 is 0 Å². The molecule has 76 valence electrons. The van der Waals surface area contributed by atoms with Crippen molar-refractivity contribution < 1.29 is 0 Å². The molecule has 1 saturated carbocycles. The largest absolute Gasteiger partial charge is 0.365 e. The molecule has 2 atom stereocenters. The molecule has 2 rings (SSSR count). The Kier molecular flexibility index (Phi) is 2.15. The van der Waals surface area contributed by atoms with Gasteiger partial charge in [0.15, 0.2) is 0 Å². The second kappa shape index (κ2) is 3.20. The SMILES string of the molecule is CC1(C)C(N)CC1Nc1cccnn1. The van der Waals surface area contributed by atoms with Gasteiger partial charge in [0, 0.05) is 23.7 Å². The molecule has 1 fully saturated rings. The quantitative estimate of drug-likeness (QED) is 0.734. The van der Waals surface area contributed by atoms with Crippen molar-refractivity contribution in [2.75, 3.05) is 5.32 Å². The lowest BCUT2D eigenvalue weighted by Gasteiger charge is -2.50. The summed E-state index contributed by atoms with van der Waals surface area (Å²) in [5.74, 6) is 0.831. The molecule has 0 aliphatic heterocycles. The minimum Gasteiger partial charge on any atom is -0.365 e. The minimum atomic E-state index is 0.150. The summed E-state index contributed by atoms with van der Waals surface area (Å²) >= 11 is 0. The van der Waals surface area contributed by atoms with Crippen molar-refractivity contribution in [1.82, 2.24) is 10.2 Å². The van der Waals surface area contributed by atoms with Gasteiger partial charge < -0.3 is 11.1 Å². The number of aromatic nitrogens is 2. The number of hydrogen-bond donors (Lipinski definition) is 2. The van der Waals surface area contributed by atoms with Crippen LogP contribution in [0.3, 0.4) is 0 Å². The van der Waals surface area contributed by atoms with Crippen molar-refractivity contribution in [1.29, 1.82) is 0 Å². The van der Waals surface area contributed by atoms with Gasteiger partial charge in [0.1, 0.15) is 5.82 Å². The molecule has 0 amide bonds. The maximum absolute atomic E-state index is 5.92. The van der Waals surface area contributed by atoms with Crippen LogP contribution in [-0.2, 0) is 0 Å². The Morgan fingerprint density at radius 1 is 1.57 bits per heavy atom. The first kappa shape index (κ1) is 9.40. The third-order valence-electron chi connectivity index (χ3n) is 3.24. The van der Waals surface area contributed by atoms with Crippen LogP contribution in [0.15, 0.2) is 18.3 Å². The lowest BCUT2D eigenvalue weighted by atomic mass is 9.63. The van der Waals surface area contributed by atoms with Gasteiger partial charge >= 0.3 is 0 Å². The Balaban J connectivity index is 2.01. The zero-order chi connectivity index (χ0) is 10.2. The standard InChI is InChI=1S/C10H16N4/c1-10(2)7(11)6-8(10)13-9-4-3-5-12-14-9/h3-5,7-8H,6,11H2,1-2H3,(H,13,14). The number of anilines is 1. The van der Waals surface area contributed by atoms with Gasteiger partial charge in [-0.2, -0.15) is 5.10 Å². The first-order valence-corrected chi connectivity index (χ1v) is 4.90. The Bertz CT molecular complexity index is 309. The van der Waals surface area contributed by atoms with E-state index in [2.05, 4.69) is 29.4 Å². The summed E-state index contributed by atoms with van der Waals surface area (Å²) in [7, 11) is 0. The summed E-state index contributed by atoms with van der Waals surface area (Å²) in [5.41, 5.74) is 6.07. The van der Waals surface area contributed by atoms with E-state index in [0.29, 0.717) is 6.04 Å². The maximum atomic E-state index is 5.92. The van der Waals surface area contributed by atoms with Crippen molar-refractivity contribution in [3.05, 3.63) is 18.3 Å². The molecule has 0 aromatic carbocycles. The molecular weight excluding hydrogens is 176 g/mol. The molecule has 3 N–H and O–H groups in total. The Morgan fingerprint density at radius 2 is 2.36 bits per heavy atom. The molecule has 4 heteroatoms. The minimum absolute atomic E-state index is 0.150. The van der Waals surface area contributed by atoms with Gasteiger partial charge in [0.25, 0.3) is 0 Å². The molecule has 0 saturated heterocycles. The predicted molar refractivity (Wildman–Crippen MR) is 55.8 cm³/mol. The molecule has 1 aromatic heterocycles. The van der Waals surface area contributed by atoms with E-state index >= 15 is 0 Å². The average molecular weight is 192 g/mol. The van der Waals surface area contributed by atoms with Crippen LogP contribution < -0.4 is 11.1 Å². The molecule has 1 aromatic rings. The molecule has 0 radical (unpaired) electrons. The highest BCUT2D eigenvalue weighted by Crippen LogP contribution is 2.40. The Labute approximate surface area is 83.9 Å². The lowest BCUT2D eigenvalue weighted by Crippen LogP contribution is -2.61. The third-order valence-corrected chi connectivity index (χ3v) is 3.24. The monoisotopic (exact) mass is 192 g/mol. The van der Waals surface area contributed by atoms with Crippen LogP contribution >= 0.6 is 0 Å². The number of rotatable bonds is 2. The number of nitrogens with two attached hydrogens (primary N) is 1. The van der Waals surface area contributed by atoms with Gasteiger partial charge in [-0.25, -0.2) is 0 Å².